The highest BCUT2D eigenvalue weighted by Crippen LogP contribution is 2.33. The Hall–Kier alpha value is -1.35. The minimum atomic E-state index is -0.0554. The predicted octanol–water partition coefficient (Wildman–Crippen LogP) is 3.29. The third kappa shape index (κ3) is 1.77. The first-order chi connectivity index (χ1) is 6.61. The highest BCUT2D eigenvalue weighted by molar-refractivity contribution is 7.98. The largest absolute Gasteiger partial charge is 0.508 e. The number of hydrogen-bond donors (Lipinski definition) is 2. The summed E-state index contributed by atoms with van der Waals surface area (Å²) >= 11 is 1.48. The highest BCUT2D eigenvalue weighted by Gasteiger charge is 2.12. The molecule has 2 N–H and O–H groups in total. The smallest absolute Gasteiger partial charge is 0.123 e. The molecule has 0 aliphatic rings. The van der Waals surface area contributed by atoms with Crippen molar-refractivity contribution in [1.82, 2.24) is 0 Å². The molecule has 1 aromatic rings. The number of rotatable bonds is 3. The number of aliphatic hydroxyl groups is 1. The summed E-state index contributed by atoms with van der Waals surface area (Å²) < 4.78 is 0. The summed E-state index contributed by atoms with van der Waals surface area (Å²) in [5.41, 5.74) is 1.07. The quantitative estimate of drug-likeness (QED) is 0.591. The van der Waals surface area contributed by atoms with Crippen LogP contribution < -0.4 is 0 Å². The van der Waals surface area contributed by atoms with E-state index in [9.17, 15) is 10.2 Å². The maximum Gasteiger partial charge on any atom is 0.123 e. The first kappa shape index (κ1) is 10.7. The Labute approximate surface area is 87.6 Å². The SMILES string of the molecule is C=Cc1c(O)ccc(SC)c1C(=C)O. The van der Waals surface area contributed by atoms with Crippen LogP contribution in [0, 0.1) is 0 Å². The van der Waals surface area contributed by atoms with Gasteiger partial charge >= 0.3 is 0 Å². The van der Waals surface area contributed by atoms with Crippen LogP contribution in [0.5, 0.6) is 5.75 Å². The molecule has 0 aromatic heterocycles. The van der Waals surface area contributed by atoms with Crippen LogP contribution in [-0.2, 0) is 0 Å². The molecule has 1 aromatic carbocycles. The topological polar surface area (TPSA) is 40.5 Å². The Morgan fingerprint density at radius 1 is 1.50 bits per heavy atom. The fourth-order valence-electron chi connectivity index (χ4n) is 1.26. The molecule has 0 atom stereocenters. The lowest BCUT2D eigenvalue weighted by Gasteiger charge is -2.11. The molecule has 14 heavy (non-hydrogen) atoms. The van der Waals surface area contributed by atoms with Crippen molar-refractivity contribution in [3.8, 4) is 5.75 Å². The first-order valence-corrected chi connectivity index (χ1v) is 5.25. The summed E-state index contributed by atoms with van der Waals surface area (Å²) in [5.74, 6) is 0.0446. The van der Waals surface area contributed by atoms with Gasteiger partial charge in [-0.05, 0) is 18.4 Å². The van der Waals surface area contributed by atoms with Crippen LogP contribution in [0.15, 0.2) is 30.2 Å². The van der Waals surface area contributed by atoms with Crippen LogP contribution >= 0.6 is 11.8 Å². The molecule has 0 unspecified atom stereocenters. The van der Waals surface area contributed by atoms with Gasteiger partial charge in [0.25, 0.3) is 0 Å². The maximum atomic E-state index is 9.53. The minimum absolute atomic E-state index is 0.0554. The molecule has 0 amide bonds. The van der Waals surface area contributed by atoms with Crippen molar-refractivity contribution in [3.63, 3.8) is 0 Å². The van der Waals surface area contributed by atoms with Crippen LogP contribution in [0.25, 0.3) is 11.8 Å². The van der Waals surface area contributed by atoms with Gasteiger partial charge in [0.05, 0.1) is 0 Å². The van der Waals surface area contributed by atoms with Crippen molar-refractivity contribution >= 4 is 23.6 Å². The number of phenols is 1. The molecule has 2 nitrogen and oxygen atoms in total. The molecule has 0 heterocycles. The number of hydrogen-bond acceptors (Lipinski definition) is 3. The van der Waals surface area contributed by atoms with Gasteiger partial charge in [0.2, 0.25) is 0 Å². The van der Waals surface area contributed by atoms with E-state index in [1.54, 1.807) is 12.1 Å². The van der Waals surface area contributed by atoms with E-state index in [0.717, 1.165) is 4.90 Å². The summed E-state index contributed by atoms with van der Waals surface area (Å²) in [6.45, 7) is 7.06. The fourth-order valence-corrected chi connectivity index (χ4v) is 1.90. The summed E-state index contributed by atoms with van der Waals surface area (Å²) in [4.78, 5) is 0.866. The lowest BCUT2D eigenvalue weighted by Crippen LogP contribution is -1.91. The molecular weight excluding hydrogens is 196 g/mol. The Kier molecular flexibility index (Phi) is 3.25. The number of benzene rings is 1. The maximum absolute atomic E-state index is 9.53. The zero-order valence-corrected chi connectivity index (χ0v) is 8.77. The standard InChI is InChI=1S/C11H12O2S/c1-4-8-9(13)5-6-10(14-3)11(8)7(2)12/h4-6,12-13H,1-2H2,3H3. The van der Waals surface area contributed by atoms with Crippen molar-refractivity contribution in [2.45, 2.75) is 4.90 Å². The van der Waals surface area contributed by atoms with Crippen molar-refractivity contribution in [3.05, 3.63) is 36.4 Å². The van der Waals surface area contributed by atoms with E-state index in [1.165, 1.54) is 17.8 Å². The van der Waals surface area contributed by atoms with Crippen LogP contribution in [-0.4, -0.2) is 16.5 Å². The Morgan fingerprint density at radius 2 is 2.14 bits per heavy atom. The molecule has 3 heteroatoms. The van der Waals surface area contributed by atoms with Gasteiger partial charge in [-0.2, -0.15) is 0 Å². The van der Waals surface area contributed by atoms with Crippen molar-refractivity contribution in [1.29, 1.82) is 0 Å². The van der Waals surface area contributed by atoms with E-state index in [4.69, 9.17) is 0 Å². The molecule has 0 aliphatic heterocycles. The normalized spacial score (nSPS) is 9.79. The second-order valence-corrected chi connectivity index (χ2v) is 3.57. The third-order valence-corrected chi connectivity index (χ3v) is 2.68. The van der Waals surface area contributed by atoms with Gasteiger partial charge in [-0.3, -0.25) is 0 Å². The molecule has 0 radical (unpaired) electrons. The van der Waals surface area contributed by atoms with Gasteiger partial charge in [0.1, 0.15) is 11.5 Å². The van der Waals surface area contributed by atoms with Crippen LogP contribution in [0.4, 0.5) is 0 Å². The number of aromatic hydroxyl groups is 1. The van der Waals surface area contributed by atoms with E-state index in [-0.39, 0.29) is 11.5 Å². The molecule has 0 bridgehead atoms. The molecular formula is C11H12O2S. The van der Waals surface area contributed by atoms with Gasteiger partial charge in [-0.1, -0.05) is 19.2 Å². The third-order valence-electron chi connectivity index (χ3n) is 1.90. The molecule has 0 aliphatic carbocycles. The lowest BCUT2D eigenvalue weighted by molar-refractivity contribution is 0.470. The zero-order chi connectivity index (χ0) is 10.7. The summed E-state index contributed by atoms with van der Waals surface area (Å²) in [5, 5.41) is 18.9. The molecule has 74 valence electrons. The summed E-state index contributed by atoms with van der Waals surface area (Å²) in [6.07, 6.45) is 3.40. The second-order valence-electron chi connectivity index (χ2n) is 2.73. The number of aliphatic hydroxyl groups excluding tert-OH is 1. The second kappa shape index (κ2) is 4.24. The van der Waals surface area contributed by atoms with Gasteiger partial charge in [-0.25, -0.2) is 0 Å². The van der Waals surface area contributed by atoms with Crippen LogP contribution in [0.1, 0.15) is 11.1 Å². The monoisotopic (exact) mass is 208 g/mol. The van der Waals surface area contributed by atoms with Gasteiger partial charge in [-0.15, -0.1) is 11.8 Å². The molecule has 0 fully saturated rings. The summed E-state index contributed by atoms with van der Waals surface area (Å²) in [6, 6.07) is 3.32. The Morgan fingerprint density at radius 3 is 2.57 bits per heavy atom. The van der Waals surface area contributed by atoms with E-state index in [0.29, 0.717) is 11.1 Å². The zero-order valence-electron chi connectivity index (χ0n) is 7.95. The number of phenolic OH excluding ortho intramolecular Hbond substituents is 1. The number of thioether (sulfide) groups is 1. The average Bonchev–Trinajstić information content (AvgIpc) is 2.17. The van der Waals surface area contributed by atoms with Crippen LogP contribution in [0.2, 0.25) is 0 Å². The van der Waals surface area contributed by atoms with Gasteiger partial charge < -0.3 is 10.2 Å². The first-order valence-electron chi connectivity index (χ1n) is 4.02. The van der Waals surface area contributed by atoms with Crippen LogP contribution in [0.3, 0.4) is 0 Å². The molecule has 0 saturated heterocycles. The van der Waals surface area contributed by atoms with E-state index in [1.807, 2.05) is 6.26 Å². The average molecular weight is 208 g/mol. The van der Waals surface area contributed by atoms with Crippen molar-refractivity contribution < 1.29 is 10.2 Å². The van der Waals surface area contributed by atoms with Crippen molar-refractivity contribution in [2.75, 3.05) is 6.26 Å². The minimum Gasteiger partial charge on any atom is -0.508 e. The van der Waals surface area contributed by atoms with E-state index < -0.39 is 0 Å². The van der Waals surface area contributed by atoms with E-state index >= 15 is 0 Å². The molecule has 1 rings (SSSR count). The predicted molar refractivity (Wildman–Crippen MR) is 61.6 cm³/mol. The summed E-state index contributed by atoms with van der Waals surface area (Å²) in [7, 11) is 0. The van der Waals surface area contributed by atoms with Crippen molar-refractivity contribution in [2.24, 2.45) is 0 Å². The van der Waals surface area contributed by atoms with Gasteiger partial charge in [0, 0.05) is 16.0 Å². The Balaban J connectivity index is 3.51. The van der Waals surface area contributed by atoms with E-state index in [2.05, 4.69) is 13.2 Å². The lowest BCUT2D eigenvalue weighted by atomic mass is 10.1. The van der Waals surface area contributed by atoms with Gasteiger partial charge in [0.15, 0.2) is 0 Å². The Bertz CT molecular complexity index is 383. The molecule has 0 saturated carbocycles. The fraction of sp³-hybridized carbons (Fsp3) is 0.0909. The molecule has 0 spiro atoms. The highest BCUT2D eigenvalue weighted by atomic mass is 32.2.